The number of aryl methyl sites for hydroxylation is 1. The number of β-amino-alcohol motifs (C(OH)–C–C–N with tert-alkyl or cyclic N) is 1. The van der Waals surface area contributed by atoms with Gasteiger partial charge in [0.15, 0.2) is 0 Å². The Morgan fingerprint density at radius 1 is 1.36 bits per heavy atom. The molecular weight excluding hydrogens is 316 g/mol. The van der Waals surface area contributed by atoms with Crippen molar-refractivity contribution in [3.05, 3.63) is 53.9 Å². The lowest BCUT2D eigenvalue weighted by Crippen LogP contribution is -2.39. The molecule has 0 bridgehead atoms. The number of allylic oxidation sites excluding steroid dienone is 1. The first kappa shape index (κ1) is 17.4. The third-order valence-corrected chi connectivity index (χ3v) is 4.67. The zero-order valence-corrected chi connectivity index (χ0v) is 14.7. The van der Waals surface area contributed by atoms with Crippen molar-refractivity contribution in [1.29, 1.82) is 0 Å². The van der Waals surface area contributed by atoms with Crippen LogP contribution in [0.5, 0.6) is 0 Å². The molecule has 1 unspecified atom stereocenters. The van der Waals surface area contributed by atoms with E-state index in [1.807, 2.05) is 26.0 Å². The van der Waals surface area contributed by atoms with Gasteiger partial charge in [0.05, 0.1) is 19.3 Å². The summed E-state index contributed by atoms with van der Waals surface area (Å²) in [4.78, 5) is 14.4. The number of carbonyl (C=O) groups is 1. The van der Waals surface area contributed by atoms with Crippen LogP contribution < -0.4 is 0 Å². The van der Waals surface area contributed by atoms with Gasteiger partial charge < -0.3 is 10.0 Å². The number of amides is 1. The van der Waals surface area contributed by atoms with Crippen LogP contribution in [0.2, 0.25) is 0 Å². The van der Waals surface area contributed by atoms with Crippen molar-refractivity contribution in [2.75, 3.05) is 13.1 Å². The third-order valence-electron chi connectivity index (χ3n) is 4.67. The maximum absolute atomic E-state index is 12.6. The molecule has 1 atom stereocenters. The molecule has 1 saturated heterocycles. The molecule has 6 heteroatoms. The lowest BCUT2D eigenvalue weighted by molar-refractivity contribution is -0.126. The Morgan fingerprint density at radius 3 is 2.76 bits per heavy atom. The van der Waals surface area contributed by atoms with E-state index in [1.54, 1.807) is 28.1 Å². The highest BCUT2D eigenvalue weighted by molar-refractivity contribution is 5.95. The van der Waals surface area contributed by atoms with Crippen LogP contribution in [-0.4, -0.2) is 49.6 Å². The van der Waals surface area contributed by atoms with E-state index in [0.717, 1.165) is 17.6 Å². The Balaban J connectivity index is 1.69. The molecule has 2 aromatic rings. The van der Waals surface area contributed by atoms with Crippen molar-refractivity contribution in [3.63, 3.8) is 0 Å². The molecule has 1 N–H and O–H groups in total. The molecule has 0 spiro atoms. The summed E-state index contributed by atoms with van der Waals surface area (Å²) in [5, 5.41) is 18.4. The van der Waals surface area contributed by atoms with Crippen LogP contribution in [0.25, 0.3) is 5.57 Å². The maximum atomic E-state index is 12.6. The van der Waals surface area contributed by atoms with Crippen LogP contribution in [-0.2, 0) is 11.3 Å². The molecule has 1 aliphatic rings. The van der Waals surface area contributed by atoms with Crippen molar-refractivity contribution in [2.24, 2.45) is 0 Å². The molecule has 6 nitrogen and oxygen atoms in total. The third kappa shape index (κ3) is 4.14. The monoisotopic (exact) mass is 340 g/mol. The second-order valence-corrected chi connectivity index (χ2v) is 6.72. The van der Waals surface area contributed by atoms with Gasteiger partial charge in [-0.2, -0.15) is 0 Å². The largest absolute Gasteiger partial charge is 0.386 e. The standard InChI is InChI=1S/C19H24N4O2/c1-3-16(17-6-4-15(2)5-7-17)12-18(24)22-10-8-19(25,13-22)14-23-11-9-20-21-23/h4-7,9,11-12,25H,3,8,10,13-14H2,1-2H3/b16-12+. The molecule has 1 aromatic heterocycles. The van der Waals surface area contributed by atoms with E-state index in [-0.39, 0.29) is 5.91 Å². The van der Waals surface area contributed by atoms with Gasteiger partial charge in [0.25, 0.3) is 0 Å². The van der Waals surface area contributed by atoms with Gasteiger partial charge in [-0.1, -0.05) is 42.0 Å². The van der Waals surface area contributed by atoms with Crippen molar-refractivity contribution >= 4 is 11.5 Å². The number of likely N-dealkylation sites (tertiary alicyclic amines) is 1. The Kier molecular flexibility index (Phi) is 4.99. The predicted octanol–water partition coefficient (Wildman–Crippen LogP) is 2.04. The van der Waals surface area contributed by atoms with Gasteiger partial charge in [-0.3, -0.25) is 4.79 Å². The first-order chi connectivity index (χ1) is 12.0. The molecule has 1 fully saturated rings. The van der Waals surface area contributed by atoms with Crippen molar-refractivity contribution in [3.8, 4) is 0 Å². The van der Waals surface area contributed by atoms with E-state index in [2.05, 4.69) is 22.4 Å². The van der Waals surface area contributed by atoms with Crippen molar-refractivity contribution < 1.29 is 9.90 Å². The highest BCUT2D eigenvalue weighted by atomic mass is 16.3. The fourth-order valence-corrected chi connectivity index (χ4v) is 3.19. The van der Waals surface area contributed by atoms with E-state index in [1.165, 1.54) is 5.56 Å². The van der Waals surface area contributed by atoms with Gasteiger partial charge in [-0.05, 0) is 30.9 Å². The average molecular weight is 340 g/mol. The topological polar surface area (TPSA) is 71.2 Å². The molecule has 3 rings (SSSR count). The van der Waals surface area contributed by atoms with Crippen LogP contribution in [0.1, 0.15) is 30.9 Å². The van der Waals surface area contributed by atoms with Crippen LogP contribution >= 0.6 is 0 Å². The van der Waals surface area contributed by atoms with Gasteiger partial charge in [-0.25, -0.2) is 4.68 Å². The number of aromatic nitrogens is 3. The van der Waals surface area contributed by atoms with Crippen LogP contribution in [0.4, 0.5) is 0 Å². The Labute approximate surface area is 147 Å². The molecule has 0 aliphatic carbocycles. The van der Waals surface area contributed by atoms with Gasteiger partial charge in [-0.15, -0.1) is 5.10 Å². The summed E-state index contributed by atoms with van der Waals surface area (Å²) < 4.78 is 1.60. The Bertz CT molecular complexity index is 752. The minimum atomic E-state index is -0.951. The SMILES string of the molecule is CC/C(=C\C(=O)N1CCC(O)(Cn2ccnn2)C1)c1ccc(C)cc1. The highest BCUT2D eigenvalue weighted by Crippen LogP contribution is 2.25. The van der Waals surface area contributed by atoms with E-state index in [4.69, 9.17) is 0 Å². The summed E-state index contributed by atoms with van der Waals surface area (Å²) in [7, 11) is 0. The fourth-order valence-electron chi connectivity index (χ4n) is 3.19. The van der Waals surface area contributed by atoms with E-state index in [0.29, 0.717) is 26.1 Å². The predicted molar refractivity (Wildman–Crippen MR) is 95.6 cm³/mol. The lowest BCUT2D eigenvalue weighted by atomic mass is 10.0. The van der Waals surface area contributed by atoms with E-state index in [9.17, 15) is 9.90 Å². The number of hydrogen-bond donors (Lipinski definition) is 1. The number of nitrogens with zero attached hydrogens (tertiary/aromatic N) is 4. The zero-order chi connectivity index (χ0) is 17.9. The summed E-state index contributed by atoms with van der Waals surface area (Å²) in [5.41, 5.74) is 2.33. The molecule has 2 heterocycles. The zero-order valence-electron chi connectivity index (χ0n) is 14.7. The second-order valence-electron chi connectivity index (χ2n) is 6.72. The van der Waals surface area contributed by atoms with Crippen LogP contribution in [0, 0.1) is 6.92 Å². The van der Waals surface area contributed by atoms with Crippen molar-refractivity contribution in [2.45, 2.75) is 38.8 Å². The van der Waals surface area contributed by atoms with Crippen LogP contribution in [0.3, 0.4) is 0 Å². The Morgan fingerprint density at radius 2 is 2.12 bits per heavy atom. The summed E-state index contributed by atoms with van der Waals surface area (Å²) >= 11 is 0. The summed E-state index contributed by atoms with van der Waals surface area (Å²) in [5.74, 6) is -0.0491. The maximum Gasteiger partial charge on any atom is 0.246 e. The summed E-state index contributed by atoms with van der Waals surface area (Å²) in [6.07, 6.45) is 6.32. The van der Waals surface area contributed by atoms with Gasteiger partial charge in [0, 0.05) is 18.8 Å². The van der Waals surface area contributed by atoms with Gasteiger partial charge in [0.2, 0.25) is 5.91 Å². The van der Waals surface area contributed by atoms with Gasteiger partial charge in [0.1, 0.15) is 5.60 Å². The normalized spacial score (nSPS) is 20.9. The highest BCUT2D eigenvalue weighted by Gasteiger charge is 2.38. The molecular formula is C19H24N4O2. The number of rotatable bonds is 5. The quantitative estimate of drug-likeness (QED) is 0.846. The first-order valence-electron chi connectivity index (χ1n) is 8.62. The molecule has 25 heavy (non-hydrogen) atoms. The molecule has 0 radical (unpaired) electrons. The van der Waals surface area contributed by atoms with Crippen molar-refractivity contribution in [1.82, 2.24) is 19.9 Å². The molecule has 1 aromatic carbocycles. The number of aliphatic hydroxyl groups is 1. The van der Waals surface area contributed by atoms with Gasteiger partial charge >= 0.3 is 0 Å². The summed E-state index contributed by atoms with van der Waals surface area (Å²) in [6, 6.07) is 8.19. The number of benzene rings is 1. The van der Waals surface area contributed by atoms with Crippen LogP contribution in [0.15, 0.2) is 42.7 Å². The minimum Gasteiger partial charge on any atom is -0.386 e. The van der Waals surface area contributed by atoms with E-state index >= 15 is 0 Å². The second kappa shape index (κ2) is 7.19. The summed E-state index contributed by atoms with van der Waals surface area (Å²) in [6.45, 7) is 5.30. The fraction of sp³-hybridized carbons (Fsp3) is 0.421. The van der Waals surface area contributed by atoms with E-state index < -0.39 is 5.60 Å². The molecule has 1 amide bonds. The Hall–Kier alpha value is -2.47. The molecule has 1 aliphatic heterocycles. The minimum absolute atomic E-state index is 0.0491. The smallest absolute Gasteiger partial charge is 0.246 e. The molecule has 0 saturated carbocycles. The average Bonchev–Trinajstić information content (AvgIpc) is 3.23. The lowest BCUT2D eigenvalue weighted by Gasteiger charge is -2.22. The first-order valence-corrected chi connectivity index (χ1v) is 8.62. The molecule has 132 valence electrons. The number of carbonyl (C=O) groups excluding carboxylic acids is 1. The number of hydrogen-bond acceptors (Lipinski definition) is 4.